The Morgan fingerprint density at radius 2 is 1.94 bits per heavy atom. The van der Waals surface area contributed by atoms with Crippen molar-refractivity contribution < 1.29 is 0 Å². The van der Waals surface area contributed by atoms with Crippen molar-refractivity contribution in [3.63, 3.8) is 0 Å². The number of nitrogen functional groups attached to an aromatic ring is 1. The van der Waals surface area contributed by atoms with Crippen molar-refractivity contribution in [1.29, 1.82) is 0 Å². The first-order valence-electron chi connectivity index (χ1n) is 5.24. The Morgan fingerprint density at radius 3 is 2.76 bits per heavy atom. The average molecular weight is 244 g/mol. The van der Waals surface area contributed by atoms with E-state index in [1.807, 2.05) is 42.5 Å². The Bertz CT molecular complexity index is 688. The Labute approximate surface area is 103 Å². The molecule has 0 radical (unpaired) electrons. The van der Waals surface area contributed by atoms with Crippen LogP contribution in [0.1, 0.15) is 0 Å². The van der Waals surface area contributed by atoms with E-state index in [9.17, 15) is 0 Å². The van der Waals surface area contributed by atoms with Crippen LogP contribution in [0.4, 0.5) is 5.69 Å². The second kappa shape index (κ2) is 3.79. The highest BCUT2D eigenvalue weighted by atomic mass is 35.5. The summed E-state index contributed by atoms with van der Waals surface area (Å²) in [6.07, 6.45) is 1.80. The molecule has 84 valence electrons. The minimum atomic E-state index is 0.689. The van der Waals surface area contributed by atoms with E-state index in [1.54, 1.807) is 10.9 Å². The third-order valence-corrected chi connectivity index (χ3v) is 2.93. The number of hydrogen-bond donors (Lipinski definition) is 1. The Kier molecular flexibility index (Phi) is 2.27. The van der Waals surface area contributed by atoms with Gasteiger partial charge in [-0.05, 0) is 30.3 Å². The van der Waals surface area contributed by atoms with Crippen LogP contribution in [0.15, 0.2) is 48.7 Å². The summed E-state index contributed by atoms with van der Waals surface area (Å²) in [5.74, 6) is 0. The van der Waals surface area contributed by atoms with Crippen LogP contribution < -0.4 is 5.73 Å². The van der Waals surface area contributed by atoms with Gasteiger partial charge in [-0.15, -0.1) is 0 Å². The number of para-hydroxylation sites is 2. The summed E-state index contributed by atoms with van der Waals surface area (Å²) >= 11 is 6.00. The summed E-state index contributed by atoms with van der Waals surface area (Å²) in [6, 6.07) is 13.3. The lowest BCUT2D eigenvalue weighted by Crippen LogP contribution is -2.00. The fraction of sp³-hybridized carbons (Fsp3) is 0. The lowest BCUT2D eigenvalue weighted by Gasteiger charge is -2.06. The molecule has 0 atom stereocenters. The molecule has 0 bridgehead atoms. The Balaban J connectivity index is 2.31. The molecule has 0 fully saturated rings. The van der Waals surface area contributed by atoms with E-state index < -0.39 is 0 Å². The molecular formula is C13H10ClN3. The maximum absolute atomic E-state index is 6.00. The molecule has 2 aromatic carbocycles. The number of aromatic nitrogens is 2. The van der Waals surface area contributed by atoms with Crippen LogP contribution in [0.25, 0.3) is 16.6 Å². The predicted molar refractivity (Wildman–Crippen MR) is 70.5 cm³/mol. The molecule has 0 aliphatic carbocycles. The first kappa shape index (κ1) is 10.2. The van der Waals surface area contributed by atoms with Gasteiger partial charge in [-0.25, -0.2) is 4.68 Å². The van der Waals surface area contributed by atoms with Crippen molar-refractivity contribution in [3.05, 3.63) is 53.7 Å². The molecule has 0 amide bonds. The SMILES string of the molecule is Nc1ccccc1-n1ncc2ccc(Cl)cc21. The fourth-order valence-electron chi connectivity index (χ4n) is 1.86. The highest BCUT2D eigenvalue weighted by Gasteiger charge is 2.07. The van der Waals surface area contributed by atoms with Gasteiger partial charge in [-0.1, -0.05) is 23.7 Å². The van der Waals surface area contributed by atoms with Gasteiger partial charge in [0.25, 0.3) is 0 Å². The zero-order valence-electron chi connectivity index (χ0n) is 8.97. The zero-order chi connectivity index (χ0) is 11.8. The molecule has 0 aliphatic heterocycles. The van der Waals surface area contributed by atoms with Crippen LogP contribution in [0.3, 0.4) is 0 Å². The lowest BCUT2D eigenvalue weighted by molar-refractivity contribution is 0.913. The molecule has 0 saturated carbocycles. The van der Waals surface area contributed by atoms with Crippen LogP contribution in [0, 0.1) is 0 Å². The van der Waals surface area contributed by atoms with Gasteiger partial charge < -0.3 is 5.73 Å². The third-order valence-electron chi connectivity index (χ3n) is 2.70. The molecule has 3 rings (SSSR count). The number of rotatable bonds is 1. The summed E-state index contributed by atoms with van der Waals surface area (Å²) in [6.45, 7) is 0. The number of hydrogen-bond acceptors (Lipinski definition) is 2. The Morgan fingerprint density at radius 1 is 1.12 bits per heavy atom. The van der Waals surface area contributed by atoms with E-state index >= 15 is 0 Å². The molecule has 4 heteroatoms. The van der Waals surface area contributed by atoms with Crippen molar-refractivity contribution in [2.75, 3.05) is 5.73 Å². The summed E-state index contributed by atoms with van der Waals surface area (Å²) in [5.41, 5.74) is 8.46. The van der Waals surface area contributed by atoms with Crippen molar-refractivity contribution in [2.24, 2.45) is 0 Å². The van der Waals surface area contributed by atoms with Crippen LogP contribution >= 0.6 is 11.6 Å². The number of anilines is 1. The topological polar surface area (TPSA) is 43.8 Å². The van der Waals surface area contributed by atoms with E-state index in [0.717, 1.165) is 16.6 Å². The summed E-state index contributed by atoms with van der Waals surface area (Å²) in [4.78, 5) is 0. The third kappa shape index (κ3) is 1.65. The number of nitrogens with zero attached hydrogens (tertiary/aromatic N) is 2. The molecule has 1 aromatic heterocycles. The molecule has 0 saturated heterocycles. The maximum atomic E-state index is 6.00. The quantitative estimate of drug-likeness (QED) is 0.667. The van der Waals surface area contributed by atoms with E-state index in [-0.39, 0.29) is 0 Å². The maximum Gasteiger partial charge on any atom is 0.0882 e. The first-order chi connectivity index (χ1) is 8.25. The largest absolute Gasteiger partial charge is 0.397 e. The first-order valence-corrected chi connectivity index (χ1v) is 5.62. The Hall–Kier alpha value is -2.00. The van der Waals surface area contributed by atoms with Crippen LogP contribution in [0.5, 0.6) is 0 Å². The van der Waals surface area contributed by atoms with Crippen molar-refractivity contribution in [3.8, 4) is 5.69 Å². The van der Waals surface area contributed by atoms with Gasteiger partial charge >= 0.3 is 0 Å². The van der Waals surface area contributed by atoms with Crippen LogP contribution in [0.2, 0.25) is 5.02 Å². The fourth-order valence-corrected chi connectivity index (χ4v) is 2.03. The zero-order valence-corrected chi connectivity index (χ0v) is 9.72. The van der Waals surface area contributed by atoms with E-state index in [1.165, 1.54) is 0 Å². The number of halogens is 1. The molecular weight excluding hydrogens is 234 g/mol. The summed E-state index contributed by atoms with van der Waals surface area (Å²) in [5, 5.41) is 6.07. The van der Waals surface area contributed by atoms with Crippen molar-refractivity contribution in [1.82, 2.24) is 9.78 Å². The molecule has 0 aliphatic rings. The van der Waals surface area contributed by atoms with Gasteiger partial charge in [-0.3, -0.25) is 0 Å². The highest BCUT2D eigenvalue weighted by Crippen LogP contribution is 2.24. The predicted octanol–water partition coefficient (Wildman–Crippen LogP) is 3.26. The summed E-state index contributed by atoms with van der Waals surface area (Å²) < 4.78 is 1.80. The second-order valence-electron chi connectivity index (χ2n) is 3.82. The van der Waals surface area contributed by atoms with Gasteiger partial charge in [0.15, 0.2) is 0 Å². The minimum absolute atomic E-state index is 0.689. The molecule has 0 spiro atoms. The smallest absolute Gasteiger partial charge is 0.0882 e. The highest BCUT2D eigenvalue weighted by molar-refractivity contribution is 6.31. The number of benzene rings is 2. The van der Waals surface area contributed by atoms with Crippen molar-refractivity contribution >= 4 is 28.2 Å². The molecule has 17 heavy (non-hydrogen) atoms. The molecule has 1 heterocycles. The average Bonchev–Trinajstić information content (AvgIpc) is 2.72. The van der Waals surface area contributed by atoms with E-state index in [4.69, 9.17) is 17.3 Å². The number of nitrogens with two attached hydrogens (primary N) is 1. The molecule has 0 unspecified atom stereocenters. The van der Waals surface area contributed by atoms with Crippen LogP contribution in [-0.4, -0.2) is 9.78 Å². The molecule has 3 nitrogen and oxygen atoms in total. The standard InChI is InChI=1S/C13H10ClN3/c14-10-6-5-9-8-16-17(13(9)7-10)12-4-2-1-3-11(12)15/h1-8H,15H2. The normalized spacial score (nSPS) is 10.9. The lowest BCUT2D eigenvalue weighted by atomic mass is 10.2. The second-order valence-corrected chi connectivity index (χ2v) is 4.25. The van der Waals surface area contributed by atoms with Gasteiger partial charge in [0.05, 0.1) is 23.1 Å². The van der Waals surface area contributed by atoms with Gasteiger partial charge in [0.2, 0.25) is 0 Å². The van der Waals surface area contributed by atoms with Crippen LogP contribution in [-0.2, 0) is 0 Å². The van der Waals surface area contributed by atoms with Gasteiger partial charge in [0.1, 0.15) is 0 Å². The van der Waals surface area contributed by atoms with Crippen molar-refractivity contribution in [2.45, 2.75) is 0 Å². The molecule has 3 aromatic rings. The number of fused-ring (bicyclic) bond motifs is 1. The van der Waals surface area contributed by atoms with Gasteiger partial charge in [0, 0.05) is 10.4 Å². The monoisotopic (exact) mass is 243 g/mol. The molecule has 2 N–H and O–H groups in total. The van der Waals surface area contributed by atoms with E-state index in [0.29, 0.717) is 10.7 Å². The summed E-state index contributed by atoms with van der Waals surface area (Å²) in [7, 11) is 0. The minimum Gasteiger partial charge on any atom is -0.397 e. The van der Waals surface area contributed by atoms with Gasteiger partial charge in [-0.2, -0.15) is 5.10 Å². The van der Waals surface area contributed by atoms with E-state index in [2.05, 4.69) is 5.10 Å².